The molecule has 0 spiro atoms. The van der Waals surface area contributed by atoms with Crippen molar-refractivity contribution in [2.45, 2.75) is 72.9 Å². The van der Waals surface area contributed by atoms with Crippen molar-refractivity contribution < 1.29 is 0 Å². The van der Waals surface area contributed by atoms with E-state index in [-0.39, 0.29) is 0 Å². The summed E-state index contributed by atoms with van der Waals surface area (Å²) in [6, 6.07) is 1.66. The molecule has 1 heteroatoms. The van der Waals surface area contributed by atoms with Gasteiger partial charge in [-0.3, -0.25) is 4.90 Å². The van der Waals surface area contributed by atoms with Gasteiger partial charge in [0.15, 0.2) is 0 Å². The molecule has 15 heavy (non-hydrogen) atoms. The van der Waals surface area contributed by atoms with E-state index in [1.54, 1.807) is 0 Å². The summed E-state index contributed by atoms with van der Waals surface area (Å²) >= 11 is 0. The molecule has 1 saturated carbocycles. The zero-order chi connectivity index (χ0) is 11.6. The Bertz CT molecular complexity index is 186. The van der Waals surface area contributed by atoms with Crippen LogP contribution in [0.15, 0.2) is 0 Å². The summed E-state index contributed by atoms with van der Waals surface area (Å²) in [7, 11) is 0. The summed E-state index contributed by atoms with van der Waals surface area (Å²) in [4.78, 5) is 2.75. The van der Waals surface area contributed by atoms with E-state index in [0.717, 1.165) is 18.0 Å². The van der Waals surface area contributed by atoms with Crippen LogP contribution in [0.25, 0.3) is 0 Å². The summed E-state index contributed by atoms with van der Waals surface area (Å²) in [6.07, 6.45) is 4.18. The molecule has 0 saturated heterocycles. The average molecular weight is 211 g/mol. The van der Waals surface area contributed by atoms with Gasteiger partial charge in [-0.2, -0.15) is 0 Å². The highest BCUT2D eigenvalue weighted by Crippen LogP contribution is 2.32. The minimum absolute atomic E-state index is 0.476. The highest BCUT2D eigenvalue weighted by molar-refractivity contribution is 4.88. The first-order valence-corrected chi connectivity index (χ1v) is 6.57. The molecule has 1 aliphatic carbocycles. The van der Waals surface area contributed by atoms with Crippen molar-refractivity contribution in [3.63, 3.8) is 0 Å². The van der Waals surface area contributed by atoms with Crippen molar-refractivity contribution >= 4 is 0 Å². The van der Waals surface area contributed by atoms with Gasteiger partial charge >= 0.3 is 0 Å². The summed E-state index contributed by atoms with van der Waals surface area (Å²) in [5.74, 6) is 0.783. The van der Waals surface area contributed by atoms with E-state index in [1.165, 1.54) is 25.8 Å². The van der Waals surface area contributed by atoms with Gasteiger partial charge < -0.3 is 0 Å². The van der Waals surface area contributed by atoms with E-state index < -0.39 is 0 Å². The smallest absolute Gasteiger partial charge is 0.00993 e. The third-order valence-electron chi connectivity index (χ3n) is 3.62. The van der Waals surface area contributed by atoms with Crippen LogP contribution < -0.4 is 0 Å². The number of nitrogens with zero attached hydrogens (tertiary/aromatic N) is 1. The lowest BCUT2D eigenvalue weighted by Crippen LogP contribution is -2.40. The maximum Gasteiger partial charge on any atom is 0.00993 e. The Morgan fingerprint density at radius 1 is 1.13 bits per heavy atom. The molecule has 0 radical (unpaired) electrons. The fourth-order valence-corrected chi connectivity index (χ4v) is 1.97. The van der Waals surface area contributed by atoms with Gasteiger partial charge in [0.25, 0.3) is 0 Å². The zero-order valence-electron chi connectivity index (χ0n) is 11.5. The second-order valence-corrected chi connectivity index (χ2v) is 6.76. The maximum absolute atomic E-state index is 2.75. The molecule has 0 aromatic rings. The van der Waals surface area contributed by atoms with Crippen molar-refractivity contribution in [3.8, 4) is 0 Å². The topological polar surface area (TPSA) is 3.24 Å². The van der Waals surface area contributed by atoms with Crippen molar-refractivity contribution in [3.05, 3.63) is 0 Å². The summed E-state index contributed by atoms with van der Waals surface area (Å²) in [5.41, 5.74) is 0.476. The molecule has 1 unspecified atom stereocenters. The van der Waals surface area contributed by atoms with Crippen LogP contribution in [0.3, 0.4) is 0 Å². The lowest BCUT2D eigenvalue weighted by molar-refractivity contribution is 0.138. The molecule has 1 rings (SSSR count). The van der Waals surface area contributed by atoms with E-state index >= 15 is 0 Å². The molecule has 0 bridgehead atoms. The summed E-state index contributed by atoms with van der Waals surface area (Å²) in [5, 5.41) is 0. The minimum Gasteiger partial charge on any atom is -0.297 e. The van der Waals surface area contributed by atoms with Crippen LogP contribution in [0.1, 0.15) is 60.8 Å². The predicted octanol–water partition coefficient (Wildman–Crippen LogP) is 3.93. The molecule has 90 valence electrons. The molecular weight excluding hydrogens is 182 g/mol. The molecule has 1 fully saturated rings. The molecule has 1 atom stereocenters. The van der Waals surface area contributed by atoms with E-state index in [4.69, 9.17) is 0 Å². The highest BCUT2D eigenvalue weighted by atomic mass is 15.2. The van der Waals surface area contributed by atoms with Gasteiger partial charge in [-0.1, -0.05) is 34.6 Å². The van der Waals surface area contributed by atoms with Gasteiger partial charge in [-0.15, -0.1) is 0 Å². The predicted molar refractivity (Wildman–Crippen MR) is 68.1 cm³/mol. The lowest BCUT2D eigenvalue weighted by atomic mass is 9.91. The van der Waals surface area contributed by atoms with Crippen LogP contribution in [0, 0.1) is 11.3 Å². The summed E-state index contributed by atoms with van der Waals surface area (Å²) < 4.78 is 0. The normalized spacial score (nSPS) is 20.0. The standard InChI is InChI=1S/C14H29N/c1-11(2)12(3)15(13-7-8-13)10-9-14(4,5)6/h11-13H,7-10H2,1-6H3. The van der Waals surface area contributed by atoms with Crippen LogP contribution in [-0.4, -0.2) is 23.5 Å². The Morgan fingerprint density at radius 2 is 1.67 bits per heavy atom. The highest BCUT2D eigenvalue weighted by Gasteiger charge is 2.33. The molecule has 0 heterocycles. The second kappa shape index (κ2) is 4.86. The second-order valence-electron chi connectivity index (χ2n) is 6.76. The molecule has 1 nitrogen and oxygen atoms in total. The van der Waals surface area contributed by atoms with Gasteiger partial charge in [-0.25, -0.2) is 0 Å². The van der Waals surface area contributed by atoms with Crippen LogP contribution in [0.5, 0.6) is 0 Å². The third-order valence-corrected chi connectivity index (χ3v) is 3.62. The van der Waals surface area contributed by atoms with Gasteiger partial charge in [-0.05, 0) is 44.1 Å². The SMILES string of the molecule is CC(C)C(C)N(CCC(C)(C)C)C1CC1. The van der Waals surface area contributed by atoms with Crippen LogP contribution in [0.2, 0.25) is 0 Å². The number of rotatable bonds is 5. The van der Waals surface area contributed by atoms with E-state index in [0.29, 0.717) is 5.41 Å². The largest absolute Gasteiger partial charge is 0.297 e. The van der Waals surface area contributed by atoms with Gasteiger partial charge in [0.1, 0.15) is 0 Å². The first-order chi connectivity index (χ1) is 6.81. The molecule has 0 amide bonds. The number of hydrogen-bond donors (Lipinski definition) is 0. The third kappa shape index (κ3) is 4.55. The van der Waals surface area contributed by atoms with Crippen molar-refractivity contribution in [1.82, 2.24) is 4.90 Å². The van der Waals surface area contributed by atoms with Crippen molar-refractivity contribution in [1.29, 1.82) is 0 Å². The fourth-order valence-electron chi connectivity index (χ4n) is 1.97. The zero-order valence-corrected chi connectivity index (χ0v) is 11.5. The Morgan fingerprint density at radius 3 is 2.00 bits per heavy atom. The molecule has 0 aromatic carbocycles. The first-order valence-electron chi connectivity index (χ1n) is 6.57. The molecule has 1 aliphatic rings. The number of hydrogen-bond acceptors (Lipinski definition) is 1. The van der Waals surface area contributed by atoms with Gasteiger partial charge in [0.05, 0.1) is 0 Å². The Labute approximate surface area is 96.2 Å². The maximum atomic E-state index is 2.75. The van der Waals surface area contributed by atoms with Crippen LogP contribution in [-0.2, 0) is 0 Å². The molecule has 0 aromatic heterocycles. The van der Waals surface area contributed by atoms with Gasteiger partial charge in [0, 0.05) is 12.1 Å². The summed E-state index contributed by atoms with van der Waals surface area (Å²) in [6.45, 7) is 15.4. The minimum atomic E-state index is 0.476. The Hall–Kier alpha value is -0.0400. The van der Waals surface area contributed by atoms with Crippen molar-refractivity contribution in [2.75, 3.05) is 6.54 Å². The van der Waals surface area contributed by atoms with Crippen LogP contribution in [0.4, 0.5) is 0 Å². The fraction of sp³-hybridized carbons (Fsp3) is 1.00. The molecule has 0 aliphatic heterocycles. The van der Waals surface area contributed by atoms with E-state index in [9.17, 15) is 0 Å². The molecular formula is C14H29N. The van der Waals surface area contributed by atoms with Crippen molar-refractivity contribution in [2.24, 2.45) is 11.3 Å². The average Bonchev–Trinajstić information content (AvgIpc) is 2.85. The monoisotopic (exact) mass is 211 g/mol. The Balaban J connectivity index is 2.44. The van der Waals surface area contributed by atoms with E-state index in [2.05, 4.69) is 46.4 Å². The lowest BCUT2D eigenvalue weighted by Gasteiger charge is -2.34. The molecule has 0 N–H and O–H groups in total. The van der Waals surface area contributed by atoms with Gasteiger partial charge in [0.2, 0.25) is 0 Å². The first kappa shape index (κ1) is 13.0. The quantitative estimate of drug-likeness (QED) is 0.666. The van der Waals surface area contributed by atoms with E-state index in [1.807, 2.05) is 0 Å². The van der Waals surface area contributed by atoms with Crippen LogP contribution >= 0.6 is 0 Å². The Kier molecular flexibility index (Phi) is 4.22.